The van der Waals surface area contributed by atoms with Gasteiger partial charge in [-0.05, 0) is 35.4 Å². The van der Waals surface area contributed by atoms with E-state index in [4.69, 9.17) is 15.9 Å². The Bertz CT molecular complexity index is 1320. The van der Waals surface area contributed by atoms with Gasteiger partial charge in [-0.2, -0.15) is 4.98 Å². The number of terminal acetylenes is 1. The predicted octanol–water partition coefficient (Wildman–Crippen LogP) is 6.79. The van der Waals surface area contributed by atoms with Crippen molar-refractivity contribution in [3.63, 3.8) is 0 Å². The fraction of sp³-hybridized carbons (Fsp3) is 0.107. The van der Waals surface area contributed by atoms with Crippen molar-refractivity contribution in [1.82, 2.24) is 4.98 Å². The molecule has 1 heterocycles. The Hall–Kier alpha value is -4.44. The largest absolute Gasteiger partial charge is 0.573 e. The van der Waals surface area contributed by atoms with E-state index < -0.39 is 12.1 Å². The molecule has 4 rings (SSSR count). The third kappa shape index (κ3) is 6.55. The summed E-state index contributed by atoms with van der Waals surface area (Å²) in [5.41, 5.74) is 2.56. The molecule has 0 bridgehead atoms. The van der Waals surface area contributed by atoms with Crippen molar-refractivity contribution in [3.8, 4) is 41.0 Å². The van der Waals surface area contributed by atoms with E-state index in [1.54, 1.807) is 12.1 Å². The third-order valence-electron chi connectivity index (χ3n) is 4.94. The zero-order chi connectivity index (χ0) is 24.7. The molecule has 0 radical (unpaired) electrons. The summed E-state index contributed by atoms with van der Waals surface area (Å²) in [6.45, 7) is 0.410. The average molecular weight is 475 g/mol. The van der Waals surface area contributed by atoms with Crippen molar-refractivity contribution in [2.24, 2.45) is 0 Å². The SMILES string of the molecule is C#Cc1ccc(OC(F)(F)F)c(-c2ccc(OCc3ccccc3)nc2OCc2ccccc2)c1. The van der Waals surface area contributed by atoms with Crippen LogP contribution in [0, 0.1) is 12.3 Å². The third-order valence-corrected chi connectivity index (χ3v) is 4.94. The molecule has 35 heavy (non-hydrogen) atoms. The zero-order valence-corrected chi connectivity index (χ0v) is 18.5. The molecule has 3 aromatic carbocycles. The number of halogens is 3. The molecular weight excluding hydrogens is 455 g/mol. The summed E-state index contributed by atoms with van der Waals surface area (Å²) in [7, 11) is 0. The molecule has 7 heteroatoms. The topological polar surface area (TPSA) is 40.6 Å². The van der Waals surface area contributed by atoms with E-state index in [0.29, 0.717) is 5.56 Å². The molecule has 4 nitrogen and oxygen atoms in total. The molecule has 0 saturated heterocycles. The first-order valence-electron chi connectivity index (χ1n) is 10.6. The molecule has 1 aromatic heterocycles. The van der Waals surface area contributed by atoms with E-state index in [9.17, 15) is 13.2 Å². The van der Waals surface area contributed by atoms with E-state index in [2.05, 4.69) is 15.6 Å². The molecule has 0 aliphatic carbocycles. The monoisotopic (exact) mass is 475 g/mol. The standard InChI is InChI=1S/C28H20F3NO3/c1-2-20-13-15-25(35-28(29,30)31)24(17-20)23-14-16-26(33-18-21-9-5-3-6-10-21)32-27(23)34-19-22-11-7-4-8-12-22/h1,3-17H,18-19H2. The molecule has 0 unspecified atom stereocenters. The highest BCUT2D eigenvalue weighted by molar-refractivity contribution is 5.76. The fourth-order valence-corrected chi connectivity index (χ4v) is 3.32. The molecule has 4 aromatic rings. The number of aromatic nitrogens is 1. The lowest BCUT2D eigenvalue weighted by Gasteiger charge is -2.17. The molecule has 0 aliphatic rings. The van der Waals surface area contributed by atoms with Gasteiger partial charge in [-0.25, -0.2) is 0 Å². The molecule has 0 spiro atoms. The Labute approximate surface area is 200 Å². The van der Waals surface area contributed by atoms with E-state index in [1.165, 1.54) is 18.2 Å². The maximum atomic E-state index is 13.1. The second kappa shape index (κ2) is 10.7. The van der Waals surface area contributed by atoms with Crippen molar-refractivity contribution < 1.29 is 27.4 Å². The first kappa shape index (κ1) is 23.7. The summed E-state index contributed by atoms with van der Waals surface area (Å²) in [5, 5.41) is 0. The number of rotatable bonds is 8. The highest BCUT2D eigenvalue weighted by Gasteiger charge is 2.32. The molecule has 0 N–H and O–H groups in total. The van der Waals surface area contributed by atoms with Crippen molar-refractivity contribution in [2.75, 3.05) is 0 Å². The van der Waals surface area contributed by atoms with Crippen molar-refractivity contribution in [3.05, 3.63) is 108 Å². The minimum atomic E-state index is -4.89. The van der Waals surface area contributed by atoms with E-state index >= 15 is 0 Å². The van der Waals surface area contributed by atoms with Gasteiger partial charge in [-0.15, -0.1) is 19.6 Å². The summed E-state index contributed by atoms with van der Waals surface area (Å²) in [6.07, 6.45) is 0.601. The van der Waals surface area contributed by atoms with Gasteiger partial charge in [0.25, 0.3) is 0 Å². The summed E-state index contributed by atoms with van der Waals surface area (Å²) in [4.78, 5) is 4.44. The lowest BCUT2D eigenvalue weighted by atomic mass is 10.0. The number of hydrogen-bond acceptors (Lipinski definition) is 4. The second-order valence-corrected chi connectivity index (χ2v) is 7.45. The van der Waals surface area contributed by atoms with Crippen molar-refractivity contribution >= 4 is 0 Å². The van der Waals surface area contributed by atoms with Crippen LogP contribution in [0.2, 0.25) is 0 Å². The number of alkyl halides is 3. The van der Waals surface area contributed by atoms with E-state index in [0.717, 1.165) is 11.1 Å². The summed E-state index contributed by atoms with van der Waals surface area (Å²) in [6, 6.07) is 26.0. The maximum Gasteiger partial charge on any atom is 0.573 e. The van der Waals surface area contributed by atoms with Crippen LogP contribution in [0.5, 0.6) is 17.5 Å². The second-order valence-electron chi connectivity index (χ2n) is 7.45. The smallest absolute Gasteiger partial charge is 0.473 e. The lowest BCUT2D eigenvalue weighted by Crippen LogP contribution is -2.17. The fourth-order valence-electron chi connectivity index (χ4n) is 3.32. The predicted molar refractivity (Wildman–Crippen MR) is 126 cm³/mol. The van der Waals surface area contributed by atoms with Gasteiger partial charge < -0.3 is 14.2 Å². The van der Waals surface area contributed by atoms with Gasteiger partial charge >= 0.3 is 6.36 Å². The minimum absolute atomic E-state index is 0.0839. The van der Waals surface area contributed by atoms with E-state index in [1.807, 2.05) is 60.7 Å². The van der Waals surface area contributed by atoms with E-state index in [-0.39, 0.29) is 36.1 Å². The van der Waals surface area contributed by atoms with Crippen LogP contribution in [-0.2, 0) is 13.2 Å². The first-order chi connectivity index (χ1) is 16.9. The van der Waals surface area contributed by atoms with Gasteiger partial charge in [0.1, 0.15) is 19.0 Å². The Kier molecular flexibility index (Phi) is 7.22. The van der Waals surface area contributed by atoms with Crippen LogP contribution in [0.15, 0.2) is 91.0 Å². The van der Waals surface area contributed by atoms with Crippen LogP contribution in [0.3, 0.4) is 0 Å². The highest BCUT2D eigenvalue weighted by atomic mass is 19.4. The number of ether oxygens (including phenoxy) is 3. The van der Waals surface area contributed by atoms with Crippen LogP contribution >= 0.6 is 0 Å². The number of nitrogens with zero attached hydrogens (tertiary/aromatic N) is 1. The molecule has 0 fully saturated rings. The average Bonchev–Trinajstić information content (AvgIpc) is 2.87. The van der Waals surface area contributed by atoms with Gasteiger partial charge in [0.2, 0.25) is 11.8 Å². The molecule has 0 aliphatic heterocycles. The maximum absolute atomic E-state index is 13.1. The van der Waals surface area contributed by atoms with Crippen LogP contribution in [-0.4, -0.2) is 11.3 Å². The Morgan fingerprint density at radius 1 is 0.743 bits per heavy atom. The van der Waals surface area contributed by atoms with Gasteiger partial charge in [-0.1, -0.05) is 66.6 Å². The van der Waals surface area contributed by atoms with Gasteiger partial charge in [0.15, 0.2) is 0 Å². The lowest BCUT2D eigenvalue weighted by molar-refractivity contribution is -0.274. The van der Waals surface area contributed by atoms with Gasteiger partial charge in [0, 0.05) is 22.8 Å². The molecule has 176 valence electrons. The van der Waals surface area contributed by atoms with Gasteiger partial charge in [-0.3, -0.25) is 0 Å². The number of benzene rings is 3. The zero-order valence-electron chi connectivity index (χ0n) is 18.5. The van der Waals surface area contributed by atoms with Crippen LogP contribution in [0.1, 0.15) is 16.7 Å². The number of hydrogen-bond donors (Lipinski definition) is 0. The van der Waals surface area contributed by atoms with Crippen LogP contribution in [0.4, 0.5) is 13.2 Å². The Morgan fingerprint density at radius 2 is 1.37 bits per heavy atom. The molecule has 0 saturated carbocycles. The summed E-state index contributed by atoms with van der Waals surface area (Å²) in [5.74, 6) is 2.36. The van der Waals surface area contributed by atoms with Crippen LogP contribution in [0.25, 0.3) is 11.1 Å². The van der Waals surface area contributed by atoms with Gasteiger partial charge in [0.05, 0.1) is 0 Å². The normalized spacial score (nSPS) is 10.9. The Morgan fingerprint density at radius 3 is 1.97 bits per heavy atom. The molecular formula is C28H20F3NO3. The molecule has 0 atom stereocenters. The summed E-state index contributed by atoms with van der Waals surface area (Å²) < 4.78 is 55.3. The quantitative estimate of drug-likeness (QED) is 0.263. The number of pyridine rings is 1. The first-order valence-corrected chi connectivity index (χ1v) is 10.6. The summed E-state index contributed by atoms with van der Waals surface area (Å²) >= 11 is 0. The van der Waals surface area contributed by atoms with Crippen LogP contribution < -0.4 is 14.2 Å². The van der Waals surface area contributed by atoms with Crippen molar-refractivity contribution in [2.45, 2.75) is 19.6 Å². The Balaban J connectivity index is 1.71. The highest BCUT2D eigenvalue weighted by Crippen LogP contribution is 2.39. The minimum Gasteiger partial charge on any atom is -0.473 e. The molecule has 0 amide bonds. The van der Waals surface area contributed by atoms with Crippen molar-refractivity contribution in [1.29, 1.82) is 0 Å².